The van der Waals surface area contributed by atoms with Gasteiger partial charge in [-0.05, 0) is 28.8 Å². The van der Waals surface area contributed by atoms with E-state index >= 15 is 0 Å². The first-order chi connectivity index (χ1) is 11.4. The van der Waals surface area contributed by atoms with Gasteiger partial charge in [-0.25, -0.2) is 9.67 Å². The molecule has 3 rings (SSSR count). The number of hydrogen-bond donors (Lipinski definition) is 0. The molecule has 0 saturated heterocycles. The SMILES string of the molecule is FC(F)(F)c1ccc(-c2ccc(/C(Cl)=C\n3cncn3)cc2)cc1. The fourth-order valence-corrected chi connectivity index (χ4v) is 2.37. The van der Waals surface area contributed by atoms with E-state index in [9.17, 15) is 13.2 Å². The highest BCUT2D eigenvalue weighted by Gasteiger charge is 2.29. The minimum atomic E-state index is -4.33. The summed E-state index contributed by atoms with van der Waals surface area (Å²) in [5, 5.41) is 4.40. The van der Waals surface area contributed by atoms with Crippen LogP contribution in [0.3, 0.4) is 0 Å². The van der Waals surface area contributed by atoms with Crippen LogP contribution in [0.1, 0.15) is 11.1 Å². The van der Waals surface area contributed by atoms with Gasteiger partial charge < -0.3 is 0 Å². The van der Waals surface area contributed by atoms with Gasteiger partial charge in [-0.15, -0.1) is 0 Å². The average molecular weight is 350 g/mol. The van der Waals surface area contributed by atoms with E-state index in [1.54, 1.807) is 30.5 Å². The zero-order chi connectivity index (χ0) is 17.2. The maximum atomic E-state index is 12.6. The molecule has 3 nitrogen and oxygen atoms in total. The van der Waals surface area contributed by atoms with Gasteiger partial charge in [0.05, 0.1) is 10.6 Å². The highest BCUT2D eigenvalue weighted by molar-refractivity contribution is 6.50. The molecule has 0 spiro atoms. The molecule has 0 atom stereocenters. The monoisotopic (exact) mass is 349 g/mol. The second-order valence-electron chi connectivity index (χ2n) is 5.00. The fourth-order valence-electron chi connectivity index (χ4n) is 2.15. The Morgan fingerprint density at radius 1 is 0.958 bits per heavy atom. The summed E-state index contributed by atoms with van der Waals surface area (Å²) in [5.74, 6) is 0. The molecule has 0 unspecified atom stereocenters. The van der Waals surface area contributed by atoms with E-state index in [-0.39, 0.29) is 0 Å². The molecule has 2 aromatic carbocycles. The summed E-state index contributed by atoms with van der Waals surface area (Å²) in [7, 11) is 0. The van der Waals surface area contributed by atoms with Crippen molar-refractivity contribution >= 4 is 22.8 Å². The molecule has 1 aromatic heterocycles. The van der Waals surface area contributed by atoms with Crippen LogP contribution in [0.15, 0.2) is 61.2 Å². The van der Waals surface area contributed by atoms with Gasteiger partial charge in [0.2, 0.25) is 0 Å². The highest BCUT2D eigenvalue weighted by atomic mass is 35.5. The number of alkyl halides is 3. The largest absolute Gasteiger partial charge is 0.416 e. The zero-order valence-corrected chi connectivity index (χ0v) is 13.0. The molecule has 1 heterocycles. The zero-order valence-electron chi connectivity index (χ0n) is 12.2. The first kappa shape index (κ1) is 16.3. The predicted octanol–water partition coefficient (Wildman–Crippen LogP) is 5.16. The van der Waals surface area contributed by atoms with Crippen LogP contribution in [0, 0.1) is 0 Å². The van der Waals surface area contributed by atoms with Crippen molar-refractivity contribution in [1.29, 1.82) is 0 Å². The highest BCUT2D eigenvalue weighted by Crippen LogP contribution is 2.31. The number of nitrogens with zero attached hydrogens (tertiary/aromatic N) is 3. The molecule has 0 aliphatic carbocycles. The smallest absolute Gasteiger partial charge is 0.227 e. The quantitative estimate of drug-likeness (QED) is 0.654. The van der Waals surface area contributed by atoms with Crippen molar-refractivity contribution in [2.24, 2.45) is 0 Å². The van der Waals surface area contributed by atoms with Gasteiger partial charge in [0.15, 0.2) is 0 Å². The summed E-state index contributed by atoms with van der Waals surface area (Å²) < 4.78 is 39.2. The second kappa shape index (κ2) is 6.49. The van der Waals surface area contributed by atoms with Gasteiger partial charge in [0, 0.05) is 6.20 Å². The molecular formula is C17H11ClF3N3. The Bertz CT molecular complexity index is 836. The van der Waals surface area contributed by atoms with Crippen molar-refractivity contribution in [3.63, 3.8) is 0 Å². The maximum Gasteiger partial charge on any atom is 0.416 e. The molecule has 0 saturated carbocycles. The van der Waals surface area contributed by atoms with E-state index < -0.39 is 11.7 Å². The van der Waals surface area contributed by atoms with Gasteiger partial charge >= 0.3 is 6.18 Å². The third-order valence-corrected chi connectivity index (χ3v) is 3.70. The lowest BCUT2D eigenvalue weighted by Gasteiger charge is -2.08. The van der Waals surface area contributed by atoms with Crippen LogP contribution in [-0.2, 0) is 6.18 Å². The Labute approximate surface area is 141 Å². The normalized spacial score (nSPS) is 12.4. The lowest BCUT2D eigenvalue weighted by molar-refractivity contribution is -0.137. The Kier molecular flexibility index (Phi) is 4.40. The van der Waals surface area contributed by atoms with Gasteiger partial charge in [-0.3, -0.25) is 0 Å². The average Bonchev–Trinajstić information content (AvgIpc) is 3.07. The van der Waals surface area contributed by atoms with Crippen molar-refractivity contribution in [1.82, 2.24) is 14.8 Å². The van der Waals surface area contributed by atoms with Crippen molar-refractivity contribution < 1.29 is 13.2 Å². The summed E-state index contributed by atoms with van der Waals surface area (Å²) in [5.41, 5.74) is 1.60. The minimum absolute atomic E-state index is 0.472. The number of hydrogen-bond acceptors (Lipinski definition) is 2. The number of halogens is 4. The Hall–Kier alpha value is -2.60. The van der Waals surface area contributed by atoms with E-state index in [0.29, 0.717) is 10.6 Å². The first-order valence-electron chi connectivity index (χ1n) is 6.93. The van der Waals surface area contributed by atoms with Crippen LogP contribution in [0.2, 0.25) is 0 Å². The van der Waals surface area contributed by atoms with Crippen molar-refractivity contribution in [2.45, 2.75) is 6.18 Å². The molecule has 7 heteroatoms. The van der Waals surface area contributed by atoms with E-state index in [2.05, 4.69) is 10.1 Å². The van der Waals surface area contributed by atoms with Crippen molar-refractivity contribution in [3.05, 3.63) is 72.3 Å². The summed E-state index contributed by atoms with van der Waals surface area (Å²) in [4.78, 5) is 3.82. The molecule has 24 heavy (non-hydrogen) atoms. The lowest BCUT2D eigenvalue weighted by atomic mass is 10.0. The standard InChI is InChI=1S/C17H11ClF3N3/c18-16(9-24-11-22-10-23-24)14-3-1-12(2-4-14)13-5-7-15(8-6-13)17(19,20)21/h1-11H/b16-9+. The van der Waals surface area contributed by atoms with Gasteiger partial charge in [-0.1, -0.05) is 48.0 Å². The molecule has 3 aromatic rings. The van der Waals surface area contributed by atoms with E-state index in [1.807, 2.05) is 0 Å². The van der Waals surface area contributed by atoms with Crippen LogP contribution >= 0.6 is 11.6 Å². The van der Waals surface area contributed by atoms with E-state index in [0.717, 1.165) is 23.3 Å². The molecule has 0 fully saturated rings. The van der Waals surface area contributed by atoms with Crippen LogP contribution < -0.4 is 0 Å². The fraction of sp³-hybridized carbons (Fsp3) is 0.0588. The minimum Gasteiger partial charge on any atom is -0.227 e. The molecule has 0 aliphatic rings. The van der Waals surface area contributed by atoms with Gasteiger partial charge in [0.25, 0.3) is 0 Å². The van der Waals surface area contributed by atoms with Gasteiger partial charge in [-0.2, -0.15) is 18.3 Å². The van der Waals surface area contributed by atoms with Crippen LogP contribution in [-0.4, -0.2) is 14.8 Å². The number of aromatic nitrogens is 3. The van der Waals surface area contributed by atoms with Crippen LogP contribution in [0.25, 0.3) is 22.4 Å². The van der Waals surface area contributed by atoms with Crippen LogP contribution in [0.5, 0.6) is 0 Å². The Balaban J connectivity index is 1.82. The second-order valence-corrected chi connectivity index (χ2v) is 5.41. The molecule has 0 amide bonds. The maximum absolute atomic E-state index is 12.6. The predicted molar refractivity (Wildman–Crippen MR) is 86.9 cm³/mol. The molecule has 0 aliphatic heterocycles. The van der Waals surface area contributed by atoms with Crippen LogP contribution in [0.4, 0.5) is 13.2 Å². The third kappa shape index (κ3) is 3.65. The lowest BCUT2D eigenvalue weighted by Crippen LogP contribution is -2.03. The molecular weight excluding hydrogens is 339 g/mol. The third-order valence-electron chi connectivity index (χ3n) is 3.39. The number of rotatable bonds is 3. The first-order valence-corrected chi connectivity index (χ1v) is 7.31. The van der Waals surface area contributed by atoms with E-state index in [4.69, 9.17) is 11.6 Å². The molecule has 0 radical (unpaired) electrons. The summed E-state index contributed by atoms with van der Waals surface area (Å²) in [6.45, 7) is 0. The summed E-state index contributed by atoms with van der Waals surface area (Å²) >= 11 is 6.21. The Morgan fingerprint density at radius 2 is 1.54 bits per heavy atom. The number of benzene rings is 2. The van der Waals surface area contributed by atoms with E-state index in [1.165, 1.54) is 29.5 Å². The van der Waals surface area contributed by atoms with Crippen molar-refractivity contribution in [2.75, 3.05) is 0 Å². The Morgan fingerprint density at radius 3 is 2.04 bits per heavy atom. The van der Waals surface area contributed by atoms with Crippen molar-refractivity contribution in [3.8, 4) is 11.1 Å². The molecule has 122 valence electrons. The molecule has 0 N–H and O–H groups in total. The summed E-state index contributed by atoms with van der Waals surface area (Å²) in [6.07, 6.45) is 0.192. The molecule has 0 bridgehead atoms. The van der Waals surface area contributed by atoms with Gasteiger partial charge in [0.1, 0.15) is 12.7 Å². The topological polar surface area (TPSA) is 30.7 Å². The summed E-state index contributed by atoms with van der Waals surface area (Å²) in [6, 6.07) is 12.2.